The van der Waals surface area contributed by atoms with Crippen LogP contribution in [0.5, 0.6) is 0 Å². The van der Waals surface area contributed by atoms with Gasteiger partial charge in [-0.1, -0.05) is 29.3 Å². The van der Waals surface area contributed by atoms with Crippen LogP contribution in [0.25, 0.3) is 0 Å². The zero-order valence-corrected chi connectivity index (χ0v) is 11.7. The molecule has 1 aromatic carbocycles. The van der Waals surface area contributed by atoms with Crippen LogP contribution in [0.2, 0.25) is 0 Å². The minimum absolute atomic E-state index is 0.753. The smallest absolute Gasteiger partial charge is 0.0717 e. The van der Waals surface area contributed by atoms with E-state index < -0.39 is 0 Å². The predicted molar refractivity (Wildman–Crippen MR) is 75.8 cm³/mol. The van der Waals surface area contributed by atoms with Gasteiger partial charge in [-0.3, -0.25) is 0 Å². The molecule has 1 heterocycles. The molecule has 2 heteroatoms. The number of hydrogen-bond donors (Lipinski definition) is 1. The molecule has 2 rings (SSSR count). The lowest BCUT2D eigenvalue weighted by Crippen LogP contribution is -2.30. The first kappa shape index (κ1) is 13.6. The zero-order chi connectivity index (χ0) is 12.8. The Morgan fingerprint density at radius 1 is 1.22 bits per heavy atom. The number of rotatable bonds is 5. The Bertz CT molecular complexity index is 349. The van der Waals surface area contributed by atoms with Crippen LogP contribution < -0.4 is 5.32 Å². The van der Waals surface area contributed by atoms with Crippen LogP contribution in [0.15, 0.2) is 18.2 Å². The lowest BCUT2D eigenvalue weighted by Gasteiger charge is -2.22. The van der Waals surface area contributed by atoms with Crippen LogP contribution in [0, 0.1) is 19.8 Å². The normalized spacial score (nSPS) is 20.0. The molecule has 1 unspecified atom stereocenters. The van der Waals surface area contributed by atoms with Gasteiger partial charge in [0.2, 0.25) is 0 Å². The van der Waals surface area contributed by atoms with E-state index in [-0.39, 0.29) is 0 Å². The number of nitrogens with one attached hydrogen (secondary N) is 1. The van der Waals surface area contributed by atoms with Gasteiger partial charge in [0.25, 0.3) is 0 Å². The second-order valence-corrected chi connectivity index (χ2v) is 5.55. The average molecular weight is 247 g/mol. The molecule has 100 valence electrons. The van der Waals surface area contributed by atoms with E-state index in [1.54, 1.807) is 0 Å². The summed E-state index contributed by atoms with van der Waals surface area (Å²) in [5, 5.41) is 3.45. The summed E-state index contributed by atoms with van der Waals surface area (Å²) in [6.07, 6.45) is 3.87. The van der Waals surface area contributed by atoms with E-state index in [1.807, 2.05) is 0 Å². The number of aryl methyl sites for hydroxylation is 2. The molecule has 0 amide bonds. The Labute approximate surface area is 111 Å². The standard InChI is InChI=1S/C16H25NO/c1-13-8-14(2)10-16(9-13)12-18-7-5-15-4-3-6-17-11-15/h8-10,15,17H,3-7,11-12H2,1-2H3. The first-order chi connectivity index (χ1) is 8.74. The largest absolute Gasteiger partial charge is 0.377 e. The highest BCUT2D eigenvalue weighted by Gasteiger charge is 2.12. The summed E-state index contributed by atoms with van der Waals surface area (Å²) >= 11 is 0. The van der Waals surface area contributed by atoms with Crippen LogP contribution in [0.3, 0.4) is 0 Å². The fourth-order valence-electron chi connectivity index (χ4n) is 2.76. The van der Waals surface area contributed by atoms with Crippen molar-refractivity contribution in [2.75, 3.05) is 19.7 Å². The lowest BCUT2D eigenvalue weighted by atomic mass is 9.97. The second kappa shape index (κ2) is 6.91. The Hall–Kier alpha value is -0.860. The summed E-state index contributed by atoms with van der Waals surface area (Å²) in [6.45, 7) is 8.29. The van der Waals surface area contributed by atoms with Crippen molar-refractivity contribution in [3.05, 3.63) is 34.9 Å². The number of hydrogen-bond acceptors (Lipinski definition) is 2. The van der Waals surface area contributed by atoms with Gasteiger partial charge in [-0.25, -0.2) is 0 Å². The molecule has 0 saturated carbocycles. The van der Waals surface area contributed by atoms with Crippen molar-refractivity contribution in [2.24, 2.45) is 5.92 Å². The molecule has 1 saturated heterocycles. The molecule has 0 radical (unpaired) electrons. The molecule has 0 aromatic heterocycles. The first-order valence-corrected chi connectivity index (χ1v) is 7.09. The fourth-order valence-corrected chi connectivity index (χ4v) is 2.76. The van der Waals surface area contributed by atoms with E-state index in [0.717, 1.165) is 19.1 Å². The number of benzene rings is 1. The Morgan fingerprint density at radius 2 is 2.00 bits per heavy atom. The Morgan fingerprint density at radius 3 is 2.67 bits per heavy atom. The quantitative estimate of drug-likeness (QED) is 0.807. The third kappa shape index (κ3) is 4.43. The fraction of sp³-hybridized carbons (Fsp3) is 0.625. The van der Waals surface area contributed by atoms with E-state index in [9.17, 15) is 0 Å². The molecule has 2 nitrogen and oxygen atoms in total. The van der Waals surface area contributed by atoms with Gasteiger partial charge in [-0.15, -0.1) is 0 Å². The Balaban J connectivity index is 1.68. The molecule has 18 heavy (non-hydrogen) atoms. The summed E-state index contributed by atoms with van der Waals surface area (Å²) in [5.41, 5.74) is 3.95. The molecule has 0 aliphatic carbocycles. The zero-order valence-electron chi connectivity index (χ0n) is 11.7. The van der Waals surface area contributed by atoms with Gasteiger partial charge < -0.3 is 10.1 Å². The van der Waals surface area contributed by atoms with Crippen molar-refractivity contribution in [2.45, 2.75) is 39.7 Å². The van der Waals surface area contributed by atoms with E-state index in [1.165, 1.54) is 49.0 Å². The molecular weight excluding hydrogens is 222 g/mol. The summed E-state index contributed by atoms with van der Waals surface area (Å²) in [7, 11) is 0. The van der Waals surface area contributed by atoms with Crippen LogP contribution in [0.1, 0.15) is 36.0 Å². The monoisotopic (exact) mass is 247 g/mol. The van der Waals surface area contributed by atoms with Gasteiger partial charge in [0.1, 0.15) is 0 Å². The van der Waals surface area contributed by atoms with Crippen LogP contribution in [-0.4, -0.2) is 19.7 Å². The molecule has 1 N–H and O–H groups in total. The number of piperidine rings is 1. The first-order valence-electron chi connectivity index (χ1n) is 7.09. The van der Waals surface area contributed by atoms with Crippen molar-refractivity contribution < 1.29 is 4.74 Å². The van der Waals surface area contributed by atoms with Gasteiger partial charge in [0.05, 0.1) is 6.61 Å². The van der Waals surface area contributed by atoms with Gasteiger partial charge in [0.15, 0.2) is 0 Å². The van der Waals surface area contributed by atoms with Crippen molar-refractivity contribution in [1.82, 2.24) is 5.32 Å². The topological polar surface area (TPSA) is 21.3 Å². The number of ether oxygens (including phenoxy) is 1. The lowest BCUT2D eigenvalue weighted by molar-refractivity contribution is 0.103. The predicted octanol–water partition coefficient (Wildman–Crippen LogP) is 3.21. The molecule has 0 bridgehead atoms. The van der Waals surface area contributed by atoms with Crippen LogP contribution in [0.4, 0.5) is 0 Å². The van der Waals surface area contributed by atoms with Crippen LogP contribution >= 0.6 is 0 Å². The van der Waals surface area contributed by atoms with Gasteiger partial charge in [-0.2, -0.15) is 0 Å². The summed E-state index contributed by atoms with van der Waals surface area (Å²) in [5.74, 6) is 0.818. The highest BCUT2D eigenvalue weighted by atomic mass is 16.5. The van der Waals surface area contributed by atoms with E-state index in [2.05, 4.69) is 37.4 Å². The van der Waals surface area contributed by atoms with Gasteiger partial charge in [0, 0.05) is 6.61 Å². The Kier molecular flexibility index (Phi) is 5.21. The molecule has 1 aliphatic heterocycles. The van der Waals surface area contributed by atoms with Crippen molar-refractivity contribution in [1.29, 1.82) is 0 Å². The van der Waals surface area contributed by atoms with Gasteiger partial charge >= 0.3 is 0 Å². The molecule has 1 atom stereocenters. The minimum atomic E-state index is 0.753. The minimum Gasteiger partial charge on any atom is -0.377 e. The van der Waals surface area contributed by atoms with E-state index in [4.69, 9.17) is 4.74 Å². The summed E-state index contributed by atoms with van der Waals surface area (Å²) in [4.78, 5) is 0. The third-order valence-electron chi connectivity index (χ3n) is 3.62. The molecule has 0 spiro atoms. The summed E-state index contributed by atoms with van der Waals surface area (Å²) in [6, 6.07) is 6.64. The SMILES string of the molecule is Cc1cc(C)cc(COCCC2CCCNC2)c1. The maximum absolute atomic E-state index is 5.80. The maximum atomic E-state index is 5.80. The van der Waals surface area contributed by atoms with Crippen molar-refractivity contribution in [3.63, 3.8) is 0 Å². The van der Waals surface area contributed by atoms with Crippen molar-refractivity contribution in [3.8, 4) is 0 Å². The average Bonchev–Trinajstić information content (AvgIpc) is 2.35. The molecule has 1 fully saturated rings. The van der Waals surface area contributed by atoms with Crippen LogP contribution in [-0.2, 0) is 11.3 Å². The van der Waals surface area contributed by atoms with Gasteiger partial charge in [-0.05, 0) is 57.7 Å². The second-order valence-electron chi connectivity index (χ2n) is 5.55. The van der Waals surface area contributed by atoms with E-state index >= 15 is 0 Å². The highest BCUT2D eigenvalue weighted by molar-refractivity contribution is 5.27. The molecular formula is C16H25NO. The van der Waals surface area contributed by atoms with E-state index in [0.29, 0.717) is 0 Å². The highest BCUT2D eigenvalue weighted by Crippen LogP contribution is 2.15. The molecule has 1 aliphatic rings. The summed E-state index contributed by atoms with van der Waals surface area (Å²) < 4.78 is 5.80. The van der Waals surface area contributed by atoms with Crippen molar-refractivity contribution >= 4 is 0 Å². The third-order valence-corrected chi connectivity index (χ3v) is 3.62. The maximum Gasteiger partial charge on any atom is 0.0717 e. The molecule has 1 aromatic rings.